The van der Waals surface area contributed by atoms with Crippen LogP contribution in [-0.2, 0) is 0 Å². The van der Waals surface area contributed by atoms with Gasteiger partial charge < -0.3 is 0 Å². The van der Waals surface area contributed by atoms with Crippen molar-refractivity contribution >= 4 is 0 Å². The fourth-order valence-corrected chi connectivity index (χ4v) is 4.38. The van der Waals surface area contributed by atoms with Gasteiger partial charge in [-0.05, 0) is 29.7 Å². The molecule has 0 aliphatic heterocycles. The fraction of sp³-hybridized carbons (Fsp3) is 0.385. The molecule has 3 aromatic rings. The molecule has 0 unspecified atom stereocenters. The number of hydrogen-bond acceptors (Lipinski definition) is 2. The third kappa shape index (κ3) is 4.01. The number of benzene rings is 2. The summed E-state index contributed by atoms with van der Waals surface area (Å²) < 4.78 is 0. The summed E-state index contributed by atoms with van der Waals surface area (Å²) in [6.45, 7) is 13.8. The van der Waals surface area contributed by atoms with Gasteiger partial charge in [-0.25, -0.2) is 4.98 Å². The maximum absolute atomic E-state index is 4.88. The zero-order valence-corrected chi connectivity index (χ0v) is 18.0. The van der Waals surface area contributed by atoms with Crippen LogP contribution in [0.4, 0.5) is 0 Å². The highest BCUT2D eigenvalue weighted by molar-refractivity contribution is 5.69. The first-order valence-corrected chi connectivity index (χ1v) is 10.3. The zero-order chi connectivity index (χ0) is 20.3. The normalized spacial score (nSPS) is 13.0. The molecular weight excluding hydrogens is 340 g/mol. The zero-order valence-electron chi connectivity index (χ0n) is 18.0. The van der Waals surface area contributed by atoms with Gasteiger partial charge in [0, 0.05) is 11.1 Å². The van der Waals surface area contributed by atoms with Crippen LogP contribution in [0, 0.1) is 18.3 Å². The number of aromatic nitrogens is 2. The molecule has 28 heavy (non-hydrogen) atoms. The summed E-state index contributed by atoms with van der Waals surface area (Å²) in [7, 11) is 0. The highest BCUT2D eigenvalue weighted by atomic mass is 14.8. The average Bonchev–Trinajstić information content (AvgIpc) is 2.69. The topological polar surface area (TPSA) is 25.8 Å². The van der Waals surface area contributed by atoms with Crippen LogP contribution in [0.25, 0.3) is 22.5 Å². The minimum Gasteiger partial charge on any atom is -0.252 e. The summed E-state index contributed by atoms with van der Waals surface area (Å²) in [5.41, 5.74) is 6.81. The second kappa shape index (κ2) is 8.26. The molecule has 3 rings (SSSR count). The lowest BCUT2D eigenvalue weighted by Crippen LogP contribution is -2.26. The van der Waals surface area contributed by atoms with E-state index in [9.17, 15) is 0 Å². The molecule has 2 nitrogen and oxygen atoms in total. The molecule has 2 aromatic carbocycles. The van der Waals surface area contributed by atoms with Crippen molar-refractivity contribution in [2.45, 2.75) is 53.9 Å². The van der Waals surface area contributed by atoms with E-state index >= 15 is 0 Å². The van der Waals surface area contributed by atoms with E-state index in [1.165, 1.54) is 11.1 Å². The Bertz CT molecular complexity index is 926. The van der Waals surface area contributed by atoms with Gasteiger partial charge in [0.15, 0.2) is 0 Å². The van der Waals surface area contributed by atoms with Crippen molar-refractivity contribution in [1.82, 2.24) is 9.97 Å². The lowest BCUT2D eigenvalue weighted by molar-refractivity contribution is 0.222. The van der Waals surface area contributed by atoms with Gasteiger partial charge in [-0.3, -0.25) is 4.98 Å². The van der Waals surface area contributed by atoms with E-state index < -0.39 is 0 Å². The molecule has 0 bridgehead atoms. The van der Waals surface area contributed by atoms with E-state index in [1.54, 1.807) is 0 Å². The quantitative estimate of drug-likeness (QED) is 0.454. The Morgan fingerprint density at radius 3 is 2.18 bits per heavy atom. The summed E-state index contributed by atoms with van der Waals surface area (Å²) >= 11 is 0. The van der Waals surface area contributed by atoms with Gasteiger partial charge in [0.1, 0.15) is 0 Å². The molecule has 1 heterocycles. The standard InChI is InChI=1S/C26H32N2/c1-7-26(5,6)24(18(2)3)21-15-11-12-16-22(21)25-19(4)28-23(17-27-25)20-13-9-8-10-14-20/h8-18,24H,7H2,1-6H3/t24-/m0/s1. The van der Waals surface area contributed by atoms with Crippen LogP contribution in [0.5, 0.6) is 0 Å². The van der Waals surface area contributed by atoms with Gasteiger partial charge in [-0.15, -0.1) is 0 Å². The highest BCUT2D eigenvalue weighted by Gasteiger charge is 2.33. The number of nitrogens with zero attached hydrogens (tertiary/aromatic N) is 2. The first kappa shape index (κ1) is 20.3. The molecule has 1 atom stereocenters. The Morgan fingerprint density at radius 2 is 1.57 bits per heavy atom. The van der Waals surface area contributed by atoms with E-state index in [1.807, 2.05) is 24.4 Å². The molecule has 0 aliphatic rings. The Hall–Kier alpha value is -2.48. The maximum atomic E-state index is 4.88. The van der Waals surface area contributed by atoms with E-state index in [-0.39, 0.29) is 5.41 Å². The Balaban J connectivity index is 2.11. The van der Waals surface area contributed by atoms with E-state index in [4.69, 9.17) is 9.97 Å². The summed E-state index contributed by atoms with van der Waals surface area (Å²) in [6, 6.07) is 19.0. The molecule has 0 amide bonds. The SMILES string of the molecule is CCC(C)(C)[C@H](c1ccccc1-c1ncc(-c2ccccc2)nc1C)C(C)C. The van der Waals surface area contributed by atoms with Gasteiger partial charge in [0.25, 0.3) is 0 Å². The Kier molecular flexibility index (Phi) is 5.98. The van der Waals surface area contributed by atoms with Crippen molar-refractivity contribution in [3.8, 4) is 22.5 Å². The van der Waals surface area contributed by atoms with Crippen LogP contribution in [0.3, 0.4) is 0 Å². The third-order valence-electron chi connectivity index (χ3n) is 5.99. The predicted molar refractivity (Wildman–Crippen MR) is 119 cm³/mol. The van der Waals surface area contributed by atoms with Crippen molar-refractivity contribution in [2.75, 3.05) is 0 Å². The van der Waals surface area contributed by atoms with Crippen LogP contribution >= 0.6 is 0 Å². The van der Waals surface area contributed by atoms with Crippen molar-refractivity contribution < 1.29 is 0 Å². The molecule has 0 N–H and O–H groups in total. The van der Waals surface area contributed by atoms with Crippen molar-refractivity contribution in [1.29, 1.82) is 0 Å². The summed E-state index contributed by atoms with van der Waals surface area (Å²) in [4.78, 5) is 9.76. The molecule has 0 aliphatic carbocycles. The second-order valence-corrected chi connectivity index (χ2v) is 8.71. The first-order chi connectivity index (χ1) is 13.3. The van der Waals surface area contributed by atoms with Gasteiger partial charge in [-0.1, -0.05) is 95.6 Å². The summed E-state index contributed by atoms with van der Waals surface area (Å²) in [5, 5.41) is 0. The van der Waals surface area contributed by atoms with E-state index in [2.05, 4.69) is 77.9 Å². The second-order valence-electron chi connectivity index (χ2n) is 8.71. The minimum absolute atomic E-state index is 0.218. The third-order valence-corrected chi connectivity index (χ3v) is 5.99. The van der Waals surface area contributed by atoms with Crippen molar-refractivity contribution in [2.24, 2.45) is 11.3 Å². The van der Waals surface area contributed by atoms with Crippen molar-refractivity contribution in [3.05, 3.63) is 72.1 Å². The average molecular weight is 373 g/mol. The van der Waals surface area contributed by atoms with E-state index in [0.717, 1.165) is 29.1 Å². The van der Waals surface area contributed by atoms with Crippen molar-refractivity contribution in [3.63, 3.8) is 0 Å². The van der Waals surface area contributed by atoms with Gasteiger partial charge >= 0.3 is 0 Å². The van der Waals surface area contributed by atoms with Crippen LogP contribution in [0.1, 0.15) is 58.2 Å². The minimum atomic E-state index is 0.218. The fourth-order valence-electron chi connectivity index (χ4n) is 4.38. The summed E-state index contributed by atoms with van der Waals surface area (Å²) in [6.07, 6.45) is 3.05. The molecule has 0 spiro atoms. The number of rotatable bonds is 6. The van der Waals surface area contributed by atoms with Crippen LogP contribution in [0.15, 0.2) is 60.8 Å². The number of aryl methyl sites for hydroxylation is 1. The maximum Gasteiger partial charge on any atom is 0.0917 e. The molecule has 0 radical (unpaired) electrons. The lowest BCUT2D eigenvalue weighted by Gasteiger charge is -2.38. The van der Waals surface area contributed by atoms with Crippen LogP contribution in [-0.4, -0.2) is 9.97 Å². The van der Waals surface area contributed by atoms with Gasteiger partial charge in [0.2, 0.25) is 0 Å². The van der Waals surface area contributed by atoms with Crippen LogP contribution < -0.4 is 0 Å². The largest absolute Gasteiger partial charge is 0.252 e. The molecule has 2 heteroatoms. The van der Waals surface area contributed by atoms with Gasteiger partial charge in [0.05, 0.1) is 23.3 Å². The number of hydrogen-bond donors (Lipinski definition) is 0. The first-order valence-electron chi connectivity index (χ1n) is 10.3. The molecule has 0 fully saturated rings. The predicted octanol–water partition coefficient (Wildman–Crippen LogP) is 7.29. The molecule has 1 aromatic heterocycles. The highest BCUT2D eigenvalue weighted by Crippen LogP contribution is 2.46. The molecule has 0 saturated carbocycles. The molecule has 0 saturated heterocycles. The summed E-state index contributed by atoms with van der Waals surface area (Å²) in [5.74, 6) is 1.01. The monoisotopic (exact) mass is 372 g/mol. The molecule has 146 valence electrons. The smallest absolute Gasteiger partial charge is 0.0917 e. The van der Waals surface area contributed by atoms with Crippen LogP contribution in [0.2, 0.25) is 0 Å². The molecular formula is C26H32N2. The van der Waals surface area contributed by atoms with Gasteiger partial charge in [-0.2, -0.15) is 0 Å². The lowest BCUT2D eigenvalue weighted by atomic mass is 9.67. The Labute approximate surface area is 170 Å². The Morgan fingerprint density at radius 1 is 0.929 bits per heavy atom. The van der Waals surface area contributed by atoms with E-state index in [0.29, 0.717) is 11.8 Å².